The van der Waals surface area contributed by atoms with Gasteiger partial charge in [-0.15, -0.1) is 0 Å². The normalized spacial score (nSPS) is 19.8. The zero-order valence-electron chi connectivity index (χ0n) is 97.9. The molecule has 0 atom stereocenters. The zero-order chi connectivity index (χ0) is 111. The van der Waals surface area contributed by atoms with Gasteiger partial charge in [0, 0.05) is 141 Å². The van der Waals surface area contributed by atoms with Gasteiger partial charge < -0.3 is 111 Å². The lowest BCUT2D eigenvalue weighted by molar-refractivity contribution is -0.282. The number of halogens is 1. The molecule has 0 amide bonds. The molecule has 4 fully saturated rings. The number of carbonyl (C=O) groups excluding carboxylic acids is 5. The molecule has 2 aromatic rings. The highest BCUT2D eigenvalue weighted by Gasteiger charge is 2.54. The van der Waals surface area contributed by atoms with Crippen LogP contribution in [-0.4, -0.2) is 411 Å². The first-order valence-corrected chi connectivity index (χ1v) is 55.8. The number of aromatic nitrogens is 6. The number of alkyl halides is 1. The number of carbonyl (C=O) groups is 5. The number of nitrogens with one attached hydrogen (secondary N) is 2. The third kappa shape index (κ3) is 47.1. The number of hydrogen-bond acceptors (Lipinski definition) is 39. The van der Waals surface area contributed by atoms with Gasteiger partial charge in [0.05, 0.1) is 145 Å². The molecule has 7 heterocycles. The average Bonchev–Trinajstić information content (AvgIpc) is 0.758. The Morgan fingerprint density at radius 1 is 0.289 bits per heavy atom. The van der Waals surface area contributed by atoms with Crippen molar-refractivity contribution in [3.63, 3.8) is 0 Å². The number of hydrogen-bond donors (Lipinski definition) is 2. The van der Waals surface area contributed by atoms with Gasteiger partial charge in [0.15, 0.2) is 6.61 Å². The minimum Gasteiger partial charge on any atom is -0.463 e. The second-order valence-electron chi connectivity index (χ2n) is 49.2. The number of likely N-dealkylation sites (tertiary alicyclic amines) is 3. The smallest absolute Gasteiger partial charge is 0.334 e. The lowest BCUT2D eigenvalue weighted by Crippen LogP contribution is -2.66. The molecule has 0 aromatic carbocycles. The largest absolute Gasteiger partial charge is 0.463 e. The average molecular weight is 2180 g/mol. The van der Waals surface area contributed by atoms with Crippen LogP contribution in [0.1, 0.15) is 296 Å². The third-order valence-electron chi connectivity index (χ3n) is 28.0. The van der Waals surface area contributed by atoms with E-state index in [4.69, 9.17) is 115 Å². The number of piperidine rings is 4. The van der Waals surface area contributed by atoms with Crippen molar-refractivity contribution in [2.24, 2.45) is 10.8 Å². The molecular weight excluding hydrogens is 1980 g/mol. The molecule has 0 spiro atoms. The summed E-state index contributed by atoms with van der Waals surface area (Å²) in [6.07, 6.45) is 14.0. The van der Waals surface area contributed by atoms with Crippen LogP contribution in [0.5, 0.6) is 0 Å². The van der Waals surface area contributed by atoms with Crippen LogP contribution in [0.2, 0.25) is 0 Å². The van der Waals surface area contributed by atoms with Crippen LogP contribution in [0.3, 0.4) is 0 Å². The van der Waals surface area contributed by atoms with Gasteiger partial charge in [-0.1, -0.05) is 83.2 Å². The Balaban J connectivity index is 0.000000970. The van der Waals surface area contributed by atoms with Crippen molar-refractivity contribution in [3.05, 3.63) is 0 Å². The molecule has 0 saturated carbocycles. The van der Waals surface area contributed by atoms with Crippen LogP contribution < -0.4 is 30.2 Å². The van der Waals surface area contributed by atoms with Crippen LogP contribution >= 0.6 is 15.9 Å². The van der Waals surface area contributed by atoms with Gasteiger partial charge in [-0.25, -0.2) is 4.79 Å². The molecule has 0 radical (unpaired) electrons. The van der Waals surface area contributed by atoms with Gasteiger partial charge in [-0.3, -0.25) is 38.7 Å². The van der Waals surface area contributed by atoms with E-state index < -0.39 is 61.4 Å². The highest BCUT2D eigenvalue weighted by atomic mass is 79.9. The maximum Gasteiger partial charge on any atom is 0.334 e. The molecule has 0 aliphatic carbocycles. The molecule has 40 heteroatoms. The lowest BCUT2D eigenvalue weighted by Gasteiger charge is -2.57. The second-order valence-corrected chi connectivity index (χ2v) is 49.7. The van der Waals surface area contributed by atoms with Crippen molar-refractivity contribution in [1.82, 2.24) is 49.7 Å². The Labute approximate surface area is 903 Å². The standard InChI is InChI=1S/C90H164N16O13.C19H37BrO10/c1-79(2,3)63-81(7,8)97-73-91-75-95-76(92-73)100(66-53-85(15,16)104(86(17,18)54-66)60-70(108)116-48-44-112-28)40-37-33-34-38-42-102(68-57-89(23,24)106(90(25,26)58-68)119-62-72(110)118-50-46-114-30)78-94-74(98-82(9,10)64-80(4,5)6)93-77(96-78)101(67-55-87(19,20)105(88(21,22)56-67)61-71(109)117-49-45-113-29)41-36-32-31-35-39-99(75)65-51-83(11,12)103(84(13,14)52-65)59-69(107)115-47-43-111-27;1-22-2-3-23-4-5-24-6-7-25-8-9-26-10-11-27-12-13-28-14-15-29-16-17-30-19(21)18-20/h65-68H,31-64H2,1-30H3,(H,91,92,95,97)(H,93,94,96,98);2-18H2,1H3. The number of ether oxygens (including phenoxy) is 17. The van der Waals surface area contributed by atoms with Crippen molar-refractivity contribution in [2.45, 2.75) is 375 Å². The zero-order valence-corrected chi connectivity index (χ0v) is 99.5. The summed E-state index contributed by atoms with van der Waals surface area (Å²) >= 11 is 3.01. The van der Waals surface area contributed by atoms with Crippen LogP contribution in [0.15, 0.2) is 0 Å². The maximum atomic E-state index is 13.8. The van der Waals surface area contributed by atoms with Crippen LogP contribution in [-0.2, 0) is 109 Å². The van der Waals surface area contributed by atoms with E-state index in [1.165, 1.54) is 0 Å². The minimum atomic E-state index is -0.592. The van der Waals surface area contributed by atoms with Crippen molar-refractivity contribution in [3.8, 4) is 0 Å². The van der Waals surface area contributed by atoms with Crippen molar-refractivity contribution in [1.29, 1.82) is 0 Å². The van der Waals surface area contributed by atoms with Gasteiger partial charge in [0.1, 0.15) is 38.4 Å². The molecule has 862 valence electrons. The number of hydroxylamine groups is 2. The molecule has 149 heavy (non-hydrogen) atoms. The number of esters is 5. The Morgan fingerprint density at radius 3 is 0.732 bits per heavy atom. The Bertz CT molecular complexity index is 4110. The molecule has 0 unspecified atom stereocenters. The topological polar surface area (TPSA) is 379 Å². The Morgan fingerprint density at radius 2 is 0.497 bits per heavy atom. The lowest BCUT2D eigenvalue weighted by atomic mass is 9.76. The fraction of sp³-hybridized carbons (Fsp3) is 0.899. The molecular formula is C109H201BrN16O23. The molecule has 39 nitrogen and oxygen atoms in total. The predicted octanol–water partition coefficient (Wildman–Crippen LogP) is 14.8. The molecule has 4 saturated heterocycles. The molecule has 5 aliphatic heterocycles. The number of nitrogens with zero attached hydrogens (tertiary/aromatic N) is 14. The Hall–Kier alpha value is -6.03. The summed E-state index contributed by atoms with van der Waals surface area (Å²) in [4.78, 5) is 123. The van der Waals surface area contributed by atoms with Crippen LogP contribution in [0.4, 0.5) is 35.7 Å². The molecule has 2 aromatic heterocycles. The fourth-order valence-electron chi connectivity index (χ4n) is 23.3. The van der Waals surface area contributed by atoms with Crippen LogP contribution in [0.25, 0.3) is 0 Å². The molecule has 4 bridgehead atoms. The number of anilines is 6. The molecule has 5 aliphatic rings. The monoisotopic (exact) mass is 2180 g/mol. The number of fused-ring (bicyclic) bond motifs is 4. The predicted molar refractivity (Wildman–Crippen MR) is 586 cm³/mol. The summed E-state index contributed by atoms with van der Waals surface area (Å²) in [6.45, 7) is 71.0. The second kappa shape index (κ2) is 62.8. The molecule has 7 rings (SSSR count). The van der Waals surface area contributed by atoms with E-state index in [0.29, 0.717) is 232 Å². The first-order chi connectivity index (χ1) is 69.9. The SMILES string of the molecule is COCCOC(=O)CON1C(C)(C)CC(N2CCCCCCN(C3CC(C)(C)N(CC(=O)OCCOC)C(C)(C)C3)c3nc(NC(C)(C)CC(C)(C)C)nc(n3)N(C3CC(C)(C)N(CC(=O)OCCOC)C(C)(C)C3)CCCCCCN(C3CC(C)(C)N(CC(=O)OCCOC)C(C)(C)C3)c3nc(NC(C)(C)CC(C)(C)C)nc2n3)CC1(C)C.COCCOCCOCCOCCOCCOCCOCCOCCOC(=O)CBr. The first kappa shape index (κ1) is 132. The van der Waals surface area contributed by atoms with E-state index >= 15 is 0 Å². The van der Waals surface area contributed by atoms with Gasteiger partial charge in [-0.2, -0.15) is 35.0 Å². The van der Waals surface area contributed by atoms with Gasteiger partial charge in [0.2, 0.25) is 35.7 Å². The van der Waals surface area contributed by atoms with Gasteiger partial charge >= 0.3 is 29.8 Å². The van der Waals surface area contributed by atoms with Gasteiger partial charge in [0.25, 0.3) is 0 Å². The summed E-state index contributed by atoms with van der Waals surface area (Å²) in [5.41, 5.74) is -5.01. The van der Waals surface area contributed by atoms with Crippen molar-refractivity contribution >= 4 is 81.5 Å². The summed E-state index contributed by atoms with van der Waals surface area (Å²) in [6, 6.07) is -0.304. The summed E-state index contributed by atoms with van der Waals surface area (Å²) in [5.74, 6) is 1.87. The number of rotatable bonds is 56. The minimum absolute atomic E-state index is 0.0341. The molecule has 2 N–H and O–H groups in total. The summed E-state index contributed by atoms with van der Waals surface area (Å²) in [5, 5.41) is 10.1. The van der Waals surface area contributed by atoms with E-state index in [2.05, 4.69) is 241 Å². The van der Waals surface area contributed by atoms with Crippen molar-refractivity contribution in [2.75, 3.05) is 282 Å². The summed E-state index contributed by atoms with van der Waals surface area (Å²) < 4.78 is 91.0. The third-order valence-corrected chi connectivity index (χ3v) is 28.4. The fourth-order valence-corrected chi connectivity index (χ4v) is 23.4. The van der Waals surface area contributed by atoms with E-state index in [0.717, 1.165) is 64.2 Å². The first-order valence-electron chi connectivity index (χ1n) is 54.6. The number of methoxy groups -OCH3 is 5. The highest BCUT2D eigenvalue weighted by Crippen LogP contribution is 2.48. The van der Waals surface area contributed by atoms with Crippen LogP contribution in [0, 0.1) is 10.8 Å². The van der Waals surface area contributed by atoms with E-state index in [9.17, 15) is 24.0 Å². The van der Waals surface area contributed by atoms with Gasteiger partial charge in [-0.05, 0) is 239 Å². The van der Waals surface area contributed by atoms with E-state index in [1.807, 2.05) is 5.06 Å². The highest BCUT2D eigenvalue weighted by molar-refractivity contribution is 9.09. The van der Waals surface area contributed by atoms with Crippen molar-refractivity contribution < 1.29 is 109 Å². The Kier molecular flexibility index (Phi) is 55.5. The van der Waals surface area contributed by atoms with E-state index in [-0.39, 0.29) is 130 Å². The van der Waals surface area contributed by atoms with E-state index in [1.54, 1.807) is 35.5 Å². The summed E-state index contributed by atoms with van der Waals surface area (Å²) in [7, 11) is 8.05. The quantitative estimate of drug-likeness (QED) is 0.0269. The maximum absolute atomic E-state index is 13.8.